The van der Waals surface area contributed by atoms with Crippen LogP contribution in [0.3, 0.4) is 0 Å². The van der Waals surface area contributed by atoms with Crippen molar-refractivity contribution in [1.82, 2.24) is 10.6 Å². The van der Waals surface area contributed by atoms with Gasteiger partial charge in [0.25, 0.3) is 0 Å². The van der Waals surface area contributed by atoms with Gasteiger partial charge >= 0.3 is 6.03 Å². The van der Waals surface area contributed by atoms with Crippen molar-refractivity contribution in [3.05, 3.63) is 58.1 Å². The number of halogens is 2. The number of amides is 2. The molecule has 0 saturated carbocycles. The first kappa shape index (κ1) is 20.2. The van der Waals surface area contributed by atoms with Crippen LogP contribution in [0.2, 0.25) is 10.0 Å². The van der Waals surface area contributed by atoms with E-state index < -0.39 is 0 Å². The number of hydrogen-bond donors (Lipinski definition) is 2. The quantitative estimate of drug-likeness (QED) is 0.620. The van der Waals surface area contributed by atoms with Crippen LogP contribution in [0.4, 0.5) is 4.79 Å². The van der Waals surface area contributed by atoms with Gasteiger partial charge in [-0.1, -0.05) is 29.3 Å². The lowest BCUT2D eigenvalue weighted by molar-refractivity contribution is 0.236. The lowest BCUT2D eigenvalue weighted by Gasteiger charge is -2.10. The van der Waals surface area contributed by atoms with Crippen molar-refractivity contribution in [3.8, 4) is 11.5 Å². The molecule has 2 aromatic carbocycles. The zero-order valence-corrected chi connectivity index (χ0v) is 16.1. The Morgan fingerprint density at radius 2 is 1.62 bits per heavy atom. The second-order valence-electron chi connectivity index (χ2n) is 5.42. The first-order valence-electron chi connectivity index (χ1n) is 8.39. The predicted molar refractivity (Wildman–Crippen MR) is 105 cm³/mol. The number of rotatable bonds is 9. The van der Waals surface area contributed by atoms with Gasteiger partial charge in [0.1, 0.15) is 18.1 Å². The molecular formula is C19H22Cl2N2O3. The first-order chi connectivity index (χ1) is 12.6. The van der Waals surface area contributed by atoms with E-state index in [1.165, 1.54) is 0 Å². The average Bonchev–Trinajstić information content (AvgIpc) is 2.62. The molecule has 0 aromatic heterocycles. The van der Waals surface area contributed by atoms with Crippen LogP contribution in [-0.4, -0.2) is 32.3 Å². The highest BCUT2D eigenvalue weighted by molar-refractivity contribution is 6.35. The molecular weight excluding hydrogens is 375 g/mol. The summed E-state index contributed by atoms with van der Waals surface area (Å²) < 4.78 is 10.9. The van der Waals surface area contributed by atoms with E-state index in [1.807, 2.05) is 37.3 Å². The maximum absolute atomic E-state index is 11.8. The van der Waals surface area contributed by atoms with Crippen molar-refractivity contribution >= 4 is 29.2 Å². The van der Waals surface area contributed by atoms with E-state index in [0.29, 0.717) is 42.8 Å². The standard InChI is InChI=1S/C19H22Cl2N2O3/c1-2-25-16-5-7-17(8-6-16)26-12-11-23-19(24)22-10-9-14-3-4-15(20)13-18(14)21/h3-8,13H,2,9-12H2,1H3,(H2,22,23,24). The Balaban J connectivity index is 1.60. The Morgan fingerprint density at radius 1 is 0.962 bits per heavy atom. The van der Waals surface area contributed by atoms with Crippen molar-refractivity contribution in [3.63, 3.8) is 0 Å². The predicted octanol–water partition coefficient (Wildman–Crippen LogP) is 4.31. The highest BCUT2D eigenvalue weighted by atomic mass is 35.5. The van der Waals surface area contributed by atoms with E-state index in [0.717, 1.165) is 17.1 Å². The smallest absolute Gasteiger partial charge is 0.314 e. The van der Waals surface area contributed by atoms with Gasteiger partial charge in [-0.3, -0.25) is 0 Å². The van der Waals surface area contributed by atoms with Gasteiger partial charge in [-0.15, -0.1) is 0 Å². The molecule has 0 aliphatic heterocycles. The largest absolute Gasteiger partial charge is 0.494 e. The lowest BCUT2D eigenvalue weighted by Crippen LogP contribution is -2.38. The molecule has 0 heterocycles. The molecule has 0 saturated heterocycles. The molecule has 5 nitrogen and oxygen atoms in total. The summed E-state index contributed by atoms with van der Waals surface area (Å²) in [6.45, 7) is 3.83. The summed E-state index contributed by atoms with van der Waals surface area (Å²) in [4.78, 5) is 11.8. The Hall–Kier alpha value is -2.11. The molecule has 140 valence electrons. The summed E-state index contributed by atoms with van der Waals surface area (Å²) in [6.07, 6.45) is 0.631. The minimum absolute atomic E-state index is 0.245. The van der Waals surface area contributed by atoms with E-state index in [1.54, 1.807) is 12.1 Å². The number of hydrogen-bond acceptors (Lipinski definition) is 3. The molecule has 2 rings (SSSR count). The summed E-state index contributed by atoms with van der Waals surface area (Å²) in [5, 5.41) is 6.72. The van der Waals surface area contributed by atoms with E-state index >= 15 is 0 Å². The Bertz CT molecular complexity index is 708. The molecule has 2 aromatic rings. The van der Waals surface area contributed by atoms with Crippen LogP contribution >= 0.6 is 23.2 Å². The van der Waals surface area contributed by atoms with Gasteiger partial charge in [-0.2, -0.15) is 0 Å². The van der Waals surface area contributed by atoms with Crippen LogP contribution in [-0.2, 0) is 6.42 Å². The maximum atomic E-state index is 11.8. The van der Waals surface area contributed by atoms with Crippen molar-refractivity contribution in [2.45, 2.75) is 13.3 Å². The fraction of sp³-hybridized carbons (Fsp3) is 0.316. The van der Waals surface area contributed by atoms with Crippen molar-refractivity contribution in [1.29, 1.82) is 0 Å². The normalized spacial score (nSPS) is 10.3. The molecule has 26 heavy (non-hydrogen) atoms. The van der Waals surface area contributed by atoms with E-state index in [-0.39, 0.29) is 6.03 Å². The number of ether oxygens (including phenoxy) is 2. The topological polar surface area (TPSA) is 59.6 Å². The van der Waals surface area contributed by atoms with Crippen LogP contribution in [0, 0.1) is 0 Å². The van der Waals surface area contributed by atoms with Gasteiger partial charge in [0, 0.05) is 16.6 Å². The summed E-state index contributed by atoms with van der Waals surface area (Å²) in [5.74, 6) is 1.53. The van der Waals surface area contributed by atoms with Crippen LogP contribution in [0.15, 0.2) is 42.5 Å². The molecule has 0 spiro atoms. The number of carbonyl (C=O) groups is 1. The van der Waals surface area contributed by atoms with Gasteiger partial charge in [-0.25, -0.2) is 4.79 Å². The molecule has 0 aliphatic rings. The minimum atomic E-state index is -0.245. The third-order valence-electron chi connectivity index (χ3n) is 3.49. The van der Waals surface area contributed by atoms with Gasteiger partial charge in [0.2, 0.25) is 0 Å². The SMILES string of the molecule is CCOc1ccc(OCCNC(=O)NCCc2ccc(Cl)cc2Cl)cc1. The van der Waals surface area contributed by atoms with Gasteiger partial charge in [0.05, 0.1) is 13.2 Å². The lowest BCUT2D eigenvalue weighted by atomic mass is 10.1. The van der Waals surface area contributed by atoms with Crippen LogP contribution < -0.4 is 20.1 Å². The van der Waals surface area contributed by atoms with E-state index in [9.17, 15) is 4.79 Å². The minimum Gasteiger partial charge on any atom is -0.494 e. The molecule has 2 N–H and O–H groups in total. The summed E-state index contributed by atoms with van der Waals surface area (Å²) in [7, 11) is 0. The fourth-order valence-electron chi connectivity index (χ4n) is 2.23. The molecule has 0 unspecified atom stereocenters. The molecule has 0 bridgehead atoms. The Labute approximate surface area is 163 Å². The second kappa shape index (κ2) is 10.8. The average molecular weight is 397 g/mol. The summed E-state index contributed by atoms with van der Waals surface area (Å²) in [6, 6.07) is 12.4. The second-order valence-corrected chi connectivity index (χ2v) is 6.26. The number of carbonyl (C=O) groups excluding carboxylic acids is 1. The molecule has 0 fully saturated rings. The molecule has 2 amide bonds. The number of benzene rings is 2. The molecule has 7 heteroatoms. The van der Waals surface area contributed by atoms with Crippen LogP contribution in [0.5, 0.6) is 11.5 Å². The highest BCUT2D eigenvalue weighted by Gasteiger charge is 2.03. The zero-order valence-electron chi connectivity index (χ0n) is 14.6. The van der Waals surface area contributed by atoms with Crippen molar-refractivity contribution < 1.29 is 14.3 Å². The summed E-state index contributed by atoms with van der Waals surface area (Å²) >= 11 is 12.0. The van der Waals surface area contributed by atoms with E-state index in [4.69, 9.17) is 32.7 Å². The number of nitrogens with one attached hydrogen (secondary N) is 2. The summed E-state index contributed by atoms with van der Waals surface area (Å²) in [5.41, 5.74) is 0.940. The molecule has 0 aliphatic carbocycles. The van der Waals surface area contributed by atoms with Gasteiger partial charge < -0.3 is 20.1 Å². The van der Waals surface area contributed by atoms with Gasteiger partial charge in [0.15, 0.2) is 0 Å². The zero-order chi connectivity index (χ0) is 18.8. The fourth-order valence-corrected chi connectivity index (χ4v) is 2.73. The van der Waals surface area contributed by atoms with Crippen LogP contribution in [0.25, 0.3) is 0 Å². The van der Waals surface area contributed by atoms with Crippen LogP contribution in [0.1, 0.15) is 12.5 Å². The number of urea groups is 1. The molecule has 0 radical (unpaired) electrons. The molecule has 0 atom stereocenters. The third-order valence-corrected chi connectivity index (χ3v) is 4.07. The maximum Gasteiger partial charge on any atom is 0.314 e. The highest BCUT2D eigenvalue weighted by Crippen LogP contribution is 2.21. The van der Waals surface area contributed by atoms with E-state index in [2.05, 4.69) is 10.6 Å². The monoisotopic (exact) mass is 396 g/mol. The Kier molecular flexibility index (Phi) is 8.38. The first-order valence-corrected chi connectivity index (χ1v) is 9.15. The van der Waals surface area contributed by atoms with Gasteiger partial charge in [-0.05, 0) is 55.3 Å². The third kappa shape index (κ3) is 7.02. The Morgan fingerprint density at radius 3 is 2.27 bits per heavy atom. The van der Waals surface area contributed by atoms with Crippen molar-refractivity contribution in [2.75, 3.05) is 26.3 Å². The van der Waals surface area contributed by atoms with Crippen molar-refractivity contribution in [2.24, 2.45) is 0 Å².